The van der Waals surface area contributed by atoms with Gasteiger partial charge in [0.2, 0.25) is 27.7 Å². The van der Waals surface area contributed by atoms with Crippen LogP contribution in [0.1, 0.15) is 94.6 Å². The molecule has 1 saturated heterocycles. The minimum absolute atomic E-state index is 0.0145. The summed E-state index contributed by atoms with van der Waals surface area (Å²) in [6.45, 7) is 7.31. The quantitative estimate of drug-likeness (QED) is 0.261. The molecule has 2 aliphatic heterocycles. The topological polar surface area (TPSA) is 191 Å². The Morgan fingerprint density at radius 2 is 1.89 bits per heavy atom. The highest BCUT2D eigenvalue weighted by Gasteiger charge is 2.63. The van der Waals surface area contributed by atoms with Crippen LogP contribution in [0.5, 0.6) is 11.6 Å². The molecule has 3 fully saturated rings. The summed E-state index contributed by atoms with van der Waals surface area (Å²) in [5.41, 5.74) is 0.205. The highest BCUT2D eigenvalue weighted by molar-refractivity contribution is 9.10. The number of nitrogens with zero attached hydrogens (tertiary/aromatic N) is 4. The van der Waals surface area contributed by atoms with Gasteiger partial charge in [-0.05, 0) is 99.8 Å². The van der Waals surface area contributed by atoms with E-state index >= 15 is 0 Å². The molecule has 4 heterocycles. The van der Waals surface area contributed by atoms with Gasteiger partial charge in [0.25, 0.3) is 11.8 Å². The third kappa shape index (κ3) is 8.41. The first kappa shape index (κ1) is 40.7. The molecule has 0 spiro atoms. The fourth-order valence-corrected chi connectivity index (χ4v) is 9.35. The zero-order chi connectivity index (χ0) is 40.9. The van der Waals surface area contributed by atoms with Crippen molar-refractivity contribution < 1.29 is 37.1 Å². The summed E-state index contributed by atoms with van der Waals surface area (Å²) in [5.74, 6) is -2.08. The summed E-state index contributed by atoms with van der Waals surface area (Å²) >= 11 is 3.66. The molecule has 2 aliphatic carbocycles. The molecular weight excluding hydrogens is 818 g/mol. The maximum Gasteiger partial charge on any atom is 0.272 e. The number of aromatic nitrogens is 3. The number of amides is 4. The Hall–Kier alpha value is -4.51. The lowest BCUT2D eigenvalue weighted by Crippen LogP contribution is -2.58. The smallest absolute Gasteiger partial charge is 0.272 e. The SMILES string of the molecule is Cc1ccc2c(O[C@@H]3C[C@H]4C(=O)N[C@]5(C(=O)NS(=O)(=O)C6(C)CC6)CC5/C=C\CCCCC[C@H](NC(=O)c5ccn(C)n5)C(=O)N4C3)cc(OC(C)C)nc2c1Br. The molecule has 1 unspecified atom stereocenters. The van der Waals surface area contributed by atoms with Gasteiger partial charge in [-0.25, -0.2) is 13.4 Å². The van der Waals surface area contributed by atoms with Crippen LogP contribution < -0.4 is 24.8 Å². The summed E-state index contributed by atoms with van der Waals surface area (Å²) in [4.78, 5) is 62.8. The van der Waals surface area contributed by atoms with E-state index < -0.39 is 68.0 Å². The fraction of sp³-hybridized carbons (Fsp3) is 0.550. The molecule has 4 aliphatic rings. The molecule has 2 saturated carbocycles. The van der Waals surface area contributed by atoms with Crippen LogP contribution in [-0.2, 0) is 31.5 Å². The van der Waals surface area contributed by atoms with Gasteiger partial charge in [0.1, 0.15) is 35.2 Å². The van der Waals surface area contributed by atoms with Crippen molar-refractivity contribution in [2.45, 2.75) is 120 Å². The van der Waals surface area contributed by atoms with Crippen LogP contribution in [0.4, 0.5) is 0 Å². The molecule has 5 atom stereocenters. The monoisotopic (exact) mass is 867 g/mol. The first-order valence-electron chi connectivity index (χ1n) is 19.6. The predicted molar refractivity (Wildman–Crippen MR) is 215 cm³/mol. The Labute approximate surface area is 340 Å². The summed E-state index contributed by atoms with van der Waals surface area (Å²) in [7, 11) is -2.31. The number of carbonyl (C=O) groups excluding carboxylic acids is 4. The number of ether oxygens (including phenoxy) is 2. The largest absolute Gasteiger partial charge is 0.488 e. The molecule has 17 heteroatoms. The lowest BCUT2D eigenvalue weighted by molar-refractivity contribution is -0.141. The second kappa shape index (κ2) is 15.7. The number of fused-ring (bicyclic) bond motifs is 3. The Morgan fingerprint density at radius 1 is 1.12 bits per heavy atom. The predicted octanol–water partition coefficient (Wildman–Crippen LogP) is 4.37. The second-order valence-electron chi connectivity index (χ2n) is 16.3. The van der Waals surface area contributed by atoms with Crippen molar-refractivity contribution in [3.05, 3.63) is 58.3 Å². The Bertz CT molecular complexity index is 2240. The van der Waals surface area contributed by atoms with E-state index in [9.17, 15) is 27.6 Å². The molecule has 3 N–H and O–H groups in total. The van der Waals surface area contributed by atoms with Gasteiger partial charge >= 0.3 is 0 Å². The zero-order valence-corrected chi connectivity index (χ0v) is 35.2. The first-order valence-corrected chi connectivity index (χ1v) is 21.9. The van der Waals surface area contributed by atoms with Crippen molar-refractivity contribution in [2.75, 3.05) is 6.54 Å². The van der Waals surface area contributed by atoms with Crippen LogP contribution in [-0.4, -0.2) is 92.8 Å². The van der Waals surface area contributed by atoms with E-state index in [1.54, 1.807) is 32.3 Å². The van der Waals surface area contributed by atoms with Crippen molar-refractivity contribution in [1.82, 2.24) is 35.0 Å². The van der Waals surface area contributed by atoms with E-state index in [1.165, 1.54) is 9.58 Å². The highest BCUT2D eigenvalue weighted by atomic mass is 79.9. The van der Waals surface area contributed by atoms with Crippen molar-refractivity contribution in [2.24, 2.45) is 13.0 Å². The molecule has 1 aromatic carbocycles. The summed E-state index contributed by atoms with van der Waals surface area (Å²) in [6, 6.07) is 4.97. The minimum atomic E-state index is -4.00. The van der Waals surface area contributed by atoms with Crippen LogP contribution in [0, 0.1) is 12.8 Å². The third-order valence-electron chi connectivity index (χ3n) is 11.4. The van der Waals surface area contributed by atoms with Gasteiger partial charge in [0, 0.05) is 41.5 Å². The lowest BCUT2D eigenvalue weighted by Gasteiger charge is -2.30. The molecular formula is C40H50BrN7O8S. The van der Waals surface area contributed by atoms with Crippen LogP contribution >= 0.6 is 15.9 Å². The molecule has 306 valence electrons. The number of sulfonamides is 1. The molecule has 4 amide bonds. The number of carbonyl (C=O) groups is 4. The summed E-state index contributed by atoms with van der Waals surface area (Å²) < 4.78 is 42.6. The van der Waals surface area contributed by atoms with E-state index in [4.69, 9.17) is 14.5 Å². The lowest BCUT2D eigenvalue weighted by atomic mass is 10.0. The number of aryl methyl sites for hydroxylation is 2. The maximum absolute atomic E-state index is 14.7. The second-order valence-corrected chi connectivity index (χ2v) is 19.3. The van der Waals surface area contributed by atoms with Crippen LogP contribution in [0.15, 0.2) is 47.1 Å². The number of pyridine rings is 1. The van der Waals surface area contributed by atoms with Gasteiger partial charge in [-0.15, -0.1) is 0 Å². The molecule has 57 heavy (non-hydrogen) atoms. The average molecular weight is 869 g/mol. The number of hydrogen-bond donors (Lipinski definition) is 3. The Morgan fingerprint density at radius 3 is 2.60 bits per heavy atom. The zero-order valence-electron chi connectivity index (χ0n) is 32.8. The minimum Gasteiger partial charge on any atom is -0.488 e. The number of benzene rings is 1. The molecule has 0 radical (unpaired) electrons. The molecule has 7 rings (SSSR count). The van der Waals surface area contributed by atoms with Crippen molar-refractivity contribution in [3.8, 4) is 11.6 Å². The summed E-state index contributed by atoms with van der Waals surface area (Å²) in [6.07, 6.45) is 8.88. The number of halogens is 1. The van der Waals surface area contributed by atoms with Crippen molar-refractivity contribution >= 4 is 60.5 Å². The van der Waals surface area contributed by atoms with Gasteiger partial charge in [0.15, 0.2) is 0 Å². The van der Waals surface area contributed by atoms with Crippen LogP contribution in [0.3, 0.4) is 0 Å². The number of hydrogen-bond acceptors (Lipinski definition) is 10. The molecule has 15 nitrogen and oxygen atoms in total. The Kier molecular flexibility index (Phi) is 11.2. The highest BCUT2D eigenvalue weighted by Crippen LogP contribution is 2.47. The first-order chi connectivity index (χ1) is 27.0. The third-order valence-corrected chi connectivity index (χ3v) is 14.6. The van der Waals surface area contributed by atoms with Gasteiger partial charge in [-0.1, -0.05) is 31.1 Å². The average Bonchev–Trinajstić information content (AvgIpc) is 3.95. The normalized spacial score (nSPS) is 26.7. The van der Waals surface area contributed by atoms with Crippen molar-refractivity contribution in [1.29, 1.82) is 0 Å². The van der Waals surface area contributed by atoms with E-state index in [2.05, 4.69) is 36.4 Å². The number of nitrogens with one attached hydrogen (secondary N) is 3. The summed E-state index contributed by atoms with van der Waals surface area (Å²) in [5, 5.41) is 10.7. The Balaban J connectivity index is 1.23. The standard InChI is InChI=1S/C40H50BrN7O8S/c1-23(2)55-32-20-31(27-14-13-24(3)33(41)34(27)43-32)56-26-19-30-36(50)44-40(38(52)46-57(53,54)39(4)16-17-39)21-25(40)11-9-7-6-8-10-12-29(37(51)48(30)22-26)42-35(49)28-15-18-47(5)45-28/h9,11,13-15,18,20,23,25-26,29-30H,6-8,10,12,16-17,19,21-22H2,1-5H3,(H,42,49)(H,44,50)(H,46,52)/b11-9-/t25?,26-,29+,30+,40-/m1/s1. The molecule has 2 aromatic heterocycles. The van der Waals surface area contributed by atoms with Gasteiger partial charge in [-0.3, -0.25) is 28.6 Å². The van der Waals surface area contributed by atoms with Crippen LogP contribution in [0.2, 0.25) is 0 Å². The van der Waals surface area contributed by atoms with E-state index in [0.29, 0.717) is 54.6 Å². The van der Waals surface area contributed by atoms with Crippen molar-refractivity contribution in [3.63, 3.8) is 0 Å². The van der Waals surface area contributed by atoms with E-state index in [-0.39, 0.29) is 31.2 Å². The van der Waals surface area contributed by atoms with Gasteiger partial charge < -0.3 is 25.0 Å². The number of rotatable bonds is 9. The van der Waals surface area contributed by atoms with Gasteiger partial charge in [0.05, 0.1) is 22.9 Å². The fourth-order valence-electron chi connectivity index (χ4n) is 7.60. The molecule has 0 bridgehead atoms. The molecule has 3 aromatic rings. The van der Waals surface area contributed by atoms with Crippen LogP contribution in [0.25, 0.3) is 10.9 Å². The number of allylic oxidation sites excluding steroid dienone is 1. The van der Waals surface area contributed by atoms with Gasteiger partial charge in [-0.2, -0.15) is 5.10 Å². The maximum atomic E-state index is 14.7. The van der Waals surface area contributed by atoms with E-state index in [1.807, 2.05) is 45.1 Å². The van der Waals surface area contributed by atoms with E-state index in [0.717, 1.165) is 22.9 Å².